The number of carbonyl (C=O) groups is 4. The minimum absolute atomic E-state index is 0. The van der Waals surface area contributed by atoms with Gasteiger partial charge in [0.2, 0.25) is 0 Å². The van der Waals surface area contributed by atoms with Crippen LogP contribution >= 0.6 is 0 Å². The van der Waals surface area contributed by atoms with E-state index in [0.29, 0.717) is 0 Å². The Balaban J connectivity index is -0.000000218. The first kappa shape index (κ1) is 59.2. The summed E-state index contributed by atoms with van der Waals surface area (Å²) in [5.74, 6) is -3.71. The van der Waals surface area contributed by atoms with E-state index < -0.39 is 23.9 Å². The molecule has 0 atom stereocenters. The van der Waals surface area contributed by atoms with Gasteiger partial charge in [0.15, 0.2) is 0 Å². The van der Waals surface area contributed by atoms with E-state index in [2.05, 4.69) is 75.6 Å². The first-order valence-corrected chi connectivity index (χ1v) is 19.6. The second kappa shape index (κ2) is 51.1. The van der Waals surface area contributed by atoms with E-state index in [4.69, 9.17) is 10.2 Å². The summed E-state index contributed by atoms with van der Waals surface area (Å²) in [5, 5.41) is 36.2. The van der Waals surface area contributed by atoms with Crippen molar-refractivity contribution in [1.82, 2.24) is 0 Å². The summed E-state index contributed by atoms with van der Waals surface area (Å²) in [5.41, 5.74) is 0.352. The molecule has 8 nitrogen and oxygen atoms in total. The molecular weight excluding hydrogens is 722 g/mol. The molecule has 0 aromatic carbocycles. The molecule has 0 saturated carbocycles. The number of allylic oxidation sites excluding steroid dienone is 8. The number of rotatable bonds is 30. The van der Waals surface area contributed by atoms with Crippen LogP contribution in [0.4, 0.5) is 0 Å². The van der Waals surface area contributed by atoms with Gasteiger partial charge in [-0.05, 0) is 104 Å². The molecule has 0 aliphatic heterocycles. The number of hydrogen-bond donors (Lipinski definition) is 2. The summed E-state index contributed by atoms with van der Waals surface area (Å²) in [6, 6.07) is 0. The van der Waals surface area contributed by atoms with Gasteiger partial charge >= 0.3 is 31.4 Å². The maximum absolute atomic E-state index is 10.2. The van der Waals surface area contributed by atoms with E-state index in [0.717, 1.165) is 64.2 Å². The summed E-state index contributed by atoms with van der Waals surface area (Å²) < 4.78 is 0. The molecule has 0 rings (SSSR count). The second-order valence-electron chi connectivity index (χ2n) is 12.9. The van der Waals surface area contributed by atoms with Gasteiger partial charge in [-0.15, -0.1) is 0 Å². The van der Waals surface area contributed by atoms with Gasteiger partial charge in [-0.3, -0.25) is 0 Å². The SMILES string of the molecule is C=C(C)C(=O)O.C=C(C)C(=O)O.CCCCC/C=C\C/C=C\CCCCCCCC(=O)[O-].CCCCC/C=C\C/C=C\CCCCCCCC(=O)[O-].[Zn+2]. The van der Waals surface area contributed by atoms with Crippen LogP contribution in [0.1, 0.15) is 182 Å². The Labute approximate surface area is 336 Å². The zero-order valence-electron chi connectivity index (χ0n) is 34.1. The number of unbranched alkanes of at least 4 members (excludes halogenated alkanes) is 16. The fourth-order valence-electron chi connectivity index (χ4n) is 4.16. The third kappa shape index (κ3) is 71.1. The van der Waals surface area contributed by atoms with Gasteiger partial charge < -0.3 is 30.0 Å². The van der Waals surface area contributed by atoms with Crippen LogP contribution in [0.2, 0.25) is 0 Å². The minimum Gasteiger partial charge on any atom is -0.550 e. The van der Waals surface area contributed by atoms with Gasteiger partial charge in [-0.1, -0.05) is 140 Å². The Bertz CT molecular complexity index is 907. The van der Waals surface area contributed by atoms with Gasteiger partial charge in [-0.25, -0.2) is 9.59 Å². The van der Waals surface area contributed by atoms with E-state index in [9.17, 15) is 29.4 Å². The van der Waals surface area contributed by atoms with E-state index in [1.165, 1.54) is 90.9 Å². The molecule has 0 aromatic rings. The van der Waals surface area contributed by atoms with Crippen LogP contribution in [-0.2, 0) is 38.7 Å². The molecule has 0 saturated heterocycles. The number of carbonyl (C=O) groups excluding carboxylic acids is 2. The van der Waals surface area contributed by atoms with Crippen molar-refractivity contribution >= 4 is 23.9 Å². The Morgan fingerprint density at radius 3 is 0.906 bits per heavy atom. The van der Waals surface area contributed by atoms with Gasteiger partial charge in [-0.2, -0.15) is 0 Å². The molecule has 0 radical (unpaired) electrons. The van der Waals surface area contributed by atoms with Crippen LogP contribution < -0.4 is 10.2 Å². The maximum atomic E-state index is 10.2. The van der Waals surface area contributed by atoms with Gasteiger partial charge in [0.1, 0.15) is 0 Å². The van der Waals surface area contributed by atoms with Crippen LogP contribution in [-0.4, -0.2) is 34.1 Å². The van der Waals surface area contributed by atoms with Crippen LogP contribution in [0.15, 0.2) is 72.9 Å². The monoisotopic (exact) mass is 794 g/mol. The third-order valence-corrected chi connectivity index (χ3v) is 7.39. The number of aliphatic carboxylic acids is 4. The van der Waals surface area contributed by atoms with Crippen LogP contribution in [0, 0.1) is 0 Å². The van der Waals surface area contributed by atoms with Crippen molar-refractivity contribution in [3.8, 4) is 0 Å². The maximum Gasteiger partial charge on any atom is 2.00 e. The van der Waals surface area contributed by atoms with Crippen molar-refractivity contribution in [2.45, 2.75) is 182 Å². The quantitative estimate of drug-likeness (QED) is 0.0315. The summed E-state index contributed by atoms with van der Waals surface area (Å²) in [6.45, 7) is 13.7. The minimum atomic E-state index is -0.935. The topological polar surface area (TPSA) is 155 Å². The van der Waals surface area contributed by atoms with E-state index >= 15 is 0 Å². The molecule has 9 heteroatoms. The molecule has 0 heterocycles. The molecule has 300 valence electrons. The van der Waals surface area contributed by atoms with Crippen LogP contribution in [0.3, 0.4) is 0 Å². The molecular formula is C44H74O8Zn. The average molecular weight is 796 g/mol. The molecule has 0 fully saturated rings. The van der Waals surface area contributed by atoms with E-state index in [-0.39, 0.29) is 43.5 Å². The van der Waals surface area contributed by atoms with E-state index in [1.54, 1.807) is 0 Å². The normalized spacial score (nSPS) is 10.5. The van der Waals surface area contributed by atoms with Crippen molar-refractivity contribution in [2.75, 3.05) is 0 Å². The summed E-state index contributed by atoms with van der Waals surface area (Å²) in [7, 11) is 0. The Morgan fingerprint density at radius 1 is 0.453 bits per heavy atom. The Kier molecular flexibility index (Phi) is 57.1. The molecule has 0 unspecified atom stereocenters. The van der Waals surface area contributed by atoms with E-state index in [1.807, 2.05) is 0 Å². The molecule has 0 aromatic heterocycles. The molecule has 0 amide bonds. The van der Waals surface area contributed by atoms with Crippen LogP contribution in [0.5, 0.6) is 0 Å². The predicted molar refractivity (Wildman–Crippen MR) is 214 cm³/mol. The molecule has 0 aliphatic rings. The smallest absolute Gasteiger partial charge is 0.550 e. The first-order valence-electron chi connectivity index (χ1n) is 19.6. The molecule has 0 bridgehead atoms. The standard InChI is InChI=1S/2C18H32O2.2C4H6O2.Zn/c2*1-2-3-4-5-6-7-8-9-10-11-12-13-14-15-16-17-18(19)20;2*1-3(2)4(5)6;/h2*6-7,9-10H,2-5,8,11-17H2,1H3,(H,19,20);2*1H2,2H3,(H,5,6);/q;;;;+2/p-2/b2*7-6-,10-9-;;;. The largest absolute Gasteiger partial charge is 2.00 e. The second-order valence-corrected chi connectivity index (χ2v) is 12.9. The number of carboxylic acids is 4. The van der Waals surface area contributed by atoms with Gasteiger partial charge in [0.25, 0.3) is 0 Å². The van der Waals surface area contributed by atoms with Gasteiger partial charge in [0, 0.05) is 23.1 Å². The fourth-order valence-corrected chi connectivity index (χ4v) is 4.16. The summed E-state index contributed by atoms with van der Waals surface area (Å²) in [6.07, 6.45) is 43.9. The van der Waals surface area contributed by atoms with Crippen molar-refractivity contribution in [3.05, 3.63) is 72.9 Å². The molecule has 0 aliphatic carbocycles. The predicted octanol–water partition coefficient (Wildman–Crippen LogP) is 10.4. The first-order chi connectivity index (χ1) is 24.8. The average Bonchev–Trinajstić information content (AvgIpc) is 3.08. The van der Waals surface area contributed by atoms with Crippen LogP contribution in [0.25, 0.3) is 0 Å². The zero-order valence-corrected chi connectivity index (χ0v) is 37.0. The Morgan fingerprint density at radius 2 is 0.679 bits per heavy atom. The molecule has 2 N–H and O–H groups in total. The van der Waals surface area contributed by atoms with Crippen molar-refractivity contribution < 1.29 is 59.1 Å². The third-order valence-electron chi connectivity index (χ3n) is 7.39. The molecule has 53 heavy (non-hydrogen) atoms. The Hall–Kier alpha value is -3.06. The zero-order chi connectivity index (χ0) is 40.1. The summed E-state index contributed by atoms with van der Waals surface area (Å²) >= 11 is 0. The van der Waals surface area contributed by atoms with Crippen molar-refractivity contribution in [1.29, 1.82) is 0 Å². The number of hydrogen-bond acceptors (Lipinski definition) is 6. The van der Waals surface area contributed by atoms with Crippen molar-refractivity contribution in [3.63, 3.8) is 0 Å². The number of carboxylic acid groups (broad SMARTS) is 4. The van der Waals surface area contributed by atoms with Crippen molar-refractivity contribution in [2.24, 2.45) is 0 Å². The van der Waals surface area contributed by atoms with Gasteiger partial charge in [0.05, 0.1) is 0 Å². The fraction of sp³-hybridized carbons (Fsp3) is 0.636. The molecule has 0 spiro atoms. The summed E-state index contributed by atoms with van der Waals surface area (Å²) in [4.78, 5) is 39.6.